The largest absolute Gasteiger partial charge is 0.478 e. The van der Waals surface area contributed by atoms with Crippen LogP contribution in [0.4, 0.5) is 0 Å². The van der Waals surface area contributed by atoms with Gasteiger partial charge in [0.15, 0.2) is 0 Å². The van der Waals surface area contributed by atoms with E-state index in [9.17, 15) is 9.00 Å². The molecule has 0 spiro atoms. The lowest BCUT2D eigenvalue weighted by Crippen LogP contribution is -2.22. The van der Waals surface area contributed by atoms with Crippen LogP contribution in [0.15, 0.2) is 29.2 Å². The molecule has 1 unspecified atom stereocenters. The van der Waals surface area contributed by atoms with E-state index in [1.54, 1.807) is 12.1 Å². The van der Waals surface area contributed by atoms with Gasteiger partial charge in [-0.1, -0.05) is 6.07 Å². The highest BCUT2D eigenvalue weighted by Crippen LogP contribution is 2.12. The molecule has 5 heteroatoms. The number of carboxylic acids is 1. The van der Waals surface area contributed by atoms with E-state index in [1.807, 2.05) is 20.8 Å². The van der Waals surface area contributed by atoms with Gasteiger partial charge in [0.2, 0.25) is 0 Å². The number of ether oxygens (including phenoxy) is 1. The first-order valence-corrected chi connectivity index (χ1v) is 6.97. The van der Waals surface area contributed by atoms with Crippen LogP contribution in [0.1, 0.15) is 31.1 Å². The third-order valence-corrected chi connectivity index (χ3v) is 3.46. The quantitative estimate of drug-likeness (QED) is 0.891. The normalized spacial score (nSPS) is 13.3. The fourth-order valence-corrected chi connectivity index (χ4v) is 2.27. The van der Waals surface area contributed by atoms with Gasteiger partial charge >= 0.3 is 5.97 Å². The molecule has 18 heavy (non-hydrogen) atoms. The zero-order chi connectivity index (χ0) is 13.8. The van der Waals surface area contributed by atoms with E-state index in [1.165, 1.54) is 12.1 Å². The van der Waals surface area contributed by atoms with Crippen LogP contribution >= 0.6 is 0 Å². The smallest absolute Gasteiger partial charge is 0.335 e. The van der Waals surface area contributed by atoms with Crippen LogP contribution in [-0.4, -0.2) is 33.2 Å². The van der Waals surface area contributed by atoms with Crippen molar-refractivity contribution in [1.29, 1.82) is 0 Å². The average molecular weight is 270 g/mol. The Labute approximate surface area is 109 Å². The number of hydrogen-bond acceptors (Lipinski definition) is 3. The molecule has 0 saturated heterocycles. The Bertz CT molecular complexity index is 449. The highest BCUT2D eigenvalue weighted by atomic mass is 32.2. The first-order valence-electron chi connectivity index (χ1n) is 5.65. The molecule has 0 aromatic heterocycles. The van der Waals surface area contributed by atoms with Crippen LogP contribution < -0.4 is 0 Å². The van der Waals surface area contributed by atoms with Gasteiger partial charge in [0.25, 0.3) is 0 Å². The number of hydrogen-bond donors (Lipinski definition) is 1. The minimum absolute atomic E-state index is 0.151. The standard InChI is InChI=1S/C13H18O4S/c1-13(2,3)17-7-8-18(16)11-6-4-5-10(9-11)12(14)15/h4-6,9H,7-8H2,1-3H3,(H,14,15). The monoisotopic (exact) mass is 270 g/mol. The van der Waals surface area contributed by atoms with Crippen molar-refractivity contribution in [3.63, 3.8) is 0 Å². The first-order chi connectivity index (χ1) is 8.29. The zero-order valence-electron chi connectivity index (χ0n) is 10.8. The second kappa shape index (κ2) is 6.11. The Morgan fingerprint density at radius 3 is 2.61 bits per heavy atom. The number of rotatable bonds is 5. The molecule has 4 nitrogen and oxygen atoms in total. The van der Waals surface area contributed by atoms with Gasteiger partial charge < -0.3 is 9.84 Å². The molecule has 0 aliphatic heterocycles. The van der Waals surface area contributed by atoms with E-state index in [2.05, 4.69) is 0 Å². The SMILES string of the molecule is CC(C)(C)OCCS(=O)c1cccc(C(=O)O)c1. The zero-order valence-corrected chi connectivity index (χ0v) is 11.6. The third-order valence-electron chi connectivity index (χ3n) is 2.15. The summed E-state index contributed by atoms with van der Waals surface area (Å²) in [5.74, 6) is -0.653. The van der Waals surface area contributed by atoms with Crippen molar-refractivity contribution >= 4 is 16.8 Å². The summed E-state index contributed by atoms with van der Waals surface area (Å²) in [7, 11) is -1.23. The van der Waals surface area contributed by atoms with E-state index in [0.29, 0.717) is 17.3 Å². The van der Waals surface area contributed by atoms with Gasteiger partial charge in [0.1, 0.15) is 0 Å². The first kappa shape index (κ1) is 14.9. The Balaban J connectivity index is 2.62. The van der Waals surface area contributed by atoms with Crippen LogP contribution in [0.3, 0.4) is 0 Å². The minimum Gasteiger partial charge on any atom is -0.478 e. The molecule has 0 radical (unpaired) electrons. The van der Waals surface area contributed by atoms with E-state index in [4.69, 9.17) is 9.84 Å². The Morgan fingerprint density at radius 2 is 2.06 bits per heavy atom. The number of benzene rings is 1. The third kappa shape index (κ3) is 4.98. The summed E-state index contributed by atoms with van der Waals surface area (Å²) in [4.78, 5) is 11.3. The summed E-state index contributed by atoms with van der Waals surface area (Å²) >= 11 is 0. The second-order valence-corrected chi connectivity index (χ2v) is 6.41. The molecule has 0 saturated carbocycles. The molecule has 0 fully saturated rings. The lowest BCUT2D eigenvalue weighted by atomic mass is 10.2. The predicted molar refractivity (Wildman–Crippen MR) is 70.4 cm³/mol. The van der Waals surface area contributed by atoms with Gasteiger partial charge in [0, 0.05) is 4.90 Å². The molecule has 0 aliphatic rings. The van der Waals surface area contributed by atoms with Crippen molar-refractivity contribution in [1.82, 2.24) is 0 Å². The van der Waals surface area contributed by atoms with Crippen molar-refractivity contribution < 1.29 is 18.8 Å². The lowest BCUT2D eigenvalue weighted by Gasteiger charge is -2.19. The van der Waals surface area contributed by atoms with Crippen molar-refractivity contribution in [2.45, 2.75) is 31.3 Å². The molecule has 1 rings (SSSR count). The molecular weight excluding hydrogens is 252 g/mol. The van der Waals surface area contributed by atoms with Gasteiger partial charge in [-0.25, -0.2) is 4.79 Å². The maximum absolute atomic E-state index is 11.9. The van der Waals surface area contributed by atoms with Crippen molar-refractivity contribution in [2.75, 3.05) is 12.4 Å². The van der Waals surface area contributed by atoms with Gasteiger partial charge in [-0.05, 0) is 39.0 Å². The molecule has 0 heterocycles. The van der Waals surface area contributed by atoms with Crippen LogP contribution in [0.2, 0.25) is 0 Å². The maximum Gasteiger partial charge on any atom is 0.335 e. The number of carbonyl (C=O) groups is 1. The van der Waals surface area contributed by atoms with Crippen LogP contribution in [0, 0.1) is 0 Å². The highest BCUT2D eigenvalue weighted by molar-refractivity contribution is 7.85. The summed E-state index contributed by atoms with van der Waals surface area (Å²) in [6, 6.07) is 6.19. The lowest BCUT2D eigenvalue weighted by molar-refractivity contribution is 0.00668. The minimum atomic E-state index is -1.23. The van der Waals surface area contributed by atoms with Gasteiger partial charge in [-0.2, -0.15) is 0 Å². The molecule has 0 amide bonds. The molecular formula is C13H18O4S. The number of carboxylic acid groups (broad SMARTS) is 1. The summed E-state index contributed by atoms with van der Waals surface area (Å²) in [5.41, 5.74) is -0.106. The fraction of sp³-hybridized carbons (Fsp3) is 0.462. The van der Waals surface area contributed by atoms with Gasteiger partial charge in [-0.3, -0.25) is 4.21 Å². The summed E-state index contributed by atoms with van der Waals surface area (Å²) < 4.78 is 17.4. The molecule has 1 aromatic carbocycles. The molecule has 100 valence electrons. The van der Waals surface area contributed by atoms with E-state index in [0.717, 1.165) is 0 Å². The maximum atomic E-state index is 11.9. The molecule has 0 bridgehead atoms. The summed E-state index contributed by atoms with van der Waals surface area (Å²) in [5, 5.41) is 8.85. The van der Waals surface area contributed by atoms with Crippen molar-refractivity contribution in [3.05, 3.63) is 29.8 Å². The number of aromatic carboxylic acids is 1. The molecule has 0 aliphatic carbocycles. The van der Waals surface area contributed by atoms with Crippen LogP contribution in [0.5, 0.6) is 0 Å². The van der Waals surface area contributed by atoms with E-state index >= 15 is 0 Å². The average Bonchev–Trinajstić information content (AvgIpc) is 2.27. The van der Waals surface area contributed by atoms with Gasteiger partial charge in [-0.15, -0.1) is 0 Å². The summed E-state index contributed by atoms with van der Waals surface area (Å²) in [6.07, 6.45) is 0. The molecule has 1 atom stereocenters. The fourth-order valence-electron chi connectivity index (χ4n) is 1.31. The predicted octanol–water partition coefficient (Wildman–Crippen LogP) is 2.31. The Kier molecular flexibility index (Phi) is 5.04. The van der Waals surface area contributed by atoms with E-state index < -0.39 is 16.8 Å². The Hall–Kier alpha value is -1.20. The van der Waals surface area contributed by atoms with Gasteiger partial charge in [0.05, 0.1) is 34.3 Å². The Morgan fingerprint density at radius 1 is 1.39 bits per heavy atom. The van der Waals surface area contributed by atoms with E-state index in [-0.39, 0.29) is 11.2 Å². The summed E-state index contributed by atoms with van der Waals surface area (Å²) in [6.45, 7) is 6.18. The second-order valence-electron chi connectivity index (χ2n) is 4.84. The van der Waals surface area contributed by atoms with Crippen molar-refractivity contribution in [2.24, 2.45) is 0 Å². The molecule has 1 N–H and O–H groups in total. The highest BCUT2D eigenvalue weighted by Gasteiger charge is 2.12. The molecule has 1 aromatic rings. The van der Waals surface area contributed by atoms with Crippen molar-refractivity contribution in [3.8, 4) is 0 Å². The van der Waals surface area contributed by atoms with Crippen LogP contribution in [0.25, 0.3) is 0 Å². The van der Waals surface area contributed by atoms with Crippen LogP contribution in [-0.2, 0) is 15.5 Å². The topological polar surface area (TPSA) is 63.6 Å².